The van der Waals surface area contributed by atoms with Gasteiger partial charge in [-0.1, -0.05) is 52.0 Å². The molecular formula is C71H83N7O11S2. The number of aliphatic carboxylic acids is 1. The van der Waals surface area contributed by atoms with E-state index in [2.05, 4.69) is 50.6 Å². The minimum absolute atomic E-state index is 0.0515. The van der Waals surface area contributed by atoms with Crippen molar-refractivity contribution >= 4 is 79.9 Å². The lowest BCUT2D eigenvalue weighted by atomic mass is 9.84. The van der Waals surface area contributed by atoms with Crippen molar-refractivity contribution in [2.24, 2.45) is 45.9 Å². The number of nitrogens with zero attached hydrogens (tertiary/aromatic N) is 7. The number of carboxylic acids is 1. The van der Waals surface area contributed by atoms with Crippen molar-refractivity contribution in [2.75, 3.05) is 41.4 Å². The van der Waals surface area contributed by atoms with Gasteiger partial charge in [-0.3, -0.25) is 19.2 Å². The van der Waals surface area contributed by atoms with Crippen LogP contribution in [0.4, 0.5) is 0 Å². The Bertz CT molecular complexity index is 3930. The number of rotatable bonds is 11. The molecule has 20 heteroatoms. The third-order valence-electron chi connectivity index (χ3n) is 20.0. The van der Waals surface area contributed by atoms with Gasteiger partial charge in [-0.15, -0.1) is 22.7 Å². The number of methoxy groups -OCH3 is 2. The van der Waals surface area contributed by atoms with E-state index in [9.17, 15) is 29.1 Å². The molecule has 0 saturated heterocycles. The second-order valence-corrected chi connectivity index (χ2v) is 28.5. The fourth-order valence-corrected chi connectivity index (χ4v) is 16.1. The Morgan fingerprint density at radius 2 is 1.12 bits per heavy atom. The first-order valence-electron chi connectivity index (χ1n) is 32.3. The average molecular weight is 1270 g/mol. The van der Waals surface area contributed by atoms with Crippen molar-refractivity contribution < 1.29 is 52.8 Å². The van der Waals surface area contributed by atoms with Gasteiger partial charge in [0, 0.05) is 90.2 Å². The molecule has 2 bridgehead atoms. The topological polar surface area (TPSA) is 222 Å². The Balaban J connectivity index is 0.000000176. The summed E-state index contributed by atoms with van der Waals surface area (Å²) in [4.78, 5) is 95.3. The van der Waals surface area contributed by atoms with Crippen LogP contribution in [0.1, 0.15) is 146 Å². The van der Waals surface area contributed by atoms with Gasteiger partial charge in [-0.2, -0.15) is 0 Å². The van der Waals surface area contributed by atoms with E-state index in [1.807, 2.05) is 74.3 Å². The first-order valence-corrected chi connectivity index (χ1v) is 34.1. The average Bonchev–Trinajstić information content (AvgIpc) is 1.57. The number of fused-ring (bicyclic) bond motifs is 6. The molecule has 10 atom stereocenters. The van der Waals surface area contributed by atoms with E-state index in [0.29, 0.717) is 80.6 Å². The maximum absolute atomic E-state index is 13.9. The van der Waals surface area contributed by atoms with Crippen LogP contribution in [0, 0.1) is 54.8 Å². The number of amides is 2. The van der Waals surface area contributed by atoms with Gasteiger partial charge >= 0.3 is 11.9 Å². The number of hydrogen-bond donors (Lipinski definition) is 1. The molecule has 4 aromatic heterocycles. The predicted molar refractivity (Wildman–Crippen MR) is 351 cm³/mol. The number of ether oxygens (including phenoxy) is 5. The molecule has 4 fully saturated rings. The summed E-state index contributed by atoms with van der Waals surface area (Å²) in [7, 11) is 6.96. The predicted octanol–water partition coefficient (Wildman–Crippen LogP) is 13.3. The van der Waals surface area contributed by atoms with Crippen LogP contribution in [-0.2, 0) is 28.7 Å². The SMILES string of the molecule is COc1ccc2c(OC3CC4C5=N[C@@]6(C[C@H]6/C=C\CCCCN(C)C(=O)[C@@H]4C3)C(=O)O5)cc(-c3nc(C(C)C)cs3)nc2c1C.COc1ccc2c(OC3C[C@H]4C(=O)C[C@]5(C(=O)O)C[C@H]5/C=C\CCCCN(C)C(=O)[C@@H]4C3)cc(-c3nc(C(C)C)cs3)nc2c1C. The lowest BCUT2D eigenvalue weighted by Gasteiger charge is -2.25. The maximum Gasteiger partial charge on any atom is 0.341 e. The molecule has 7 heterocycles. The highest BCUT2D eigenvalue weighted by Gasteiger charge is 2.65. The number of thiazole rings is 2. The molecule has 1 spiro atoms. The van der Waals surface area contributed by atoms with Crippen LogP contribution in [0.15, 0.2) is 76.5 Å². The Morgan fingerprint density at radius 1 is 0.637 bits per heavy atom. The first kappa shape index (κ1) is 63.6. The van der Waals surface area contributed by atoms with Crippen molar-refractivity contribution in [2.45, 2.75) is 155 Å². The van der Waals surface area contributed by atoms with Gasteiger partial charge in [0.2, 0.25) is 11.8 Å². The van der Waals surface area contributed by atoms with Crippen molar-refractivity contribution in [1.29, 1.82) is 0 Å². The number of carbonyl (C=O) groups excluding carboxylic acids is 4. The van der Waals surface area contributed by atoms with Gasteiger partial charge in [0.25, 0.3) is 0 Å². The second-order valence-electron chi connectivity index (χ2n) is 26.8. The monoisotopic (exact) mass is 1270 g/mol. The fourth-order valence-electron chi connectivity index (χ4n) is 14.2. The zero-order chi connectivity index (χ0) is 64.2. The van der Waals surface area contributed by atoms with Crippen LogP contribution in [0.3, 0.4) is 0 Å². The van der Waals surface area contributed by atoms with Crippen LogP contribution in [0.2, 0.25) is 0 Å². The summed E-state index contributed by atoms with van der Waals surface area (Å²) in [6.07, 6.45) is 15.9. The zero-order valence-corrected chi connectivity index (χ0v) is 55.4. The molecule has 7 aliphatic rings. The molecule has 6 aromatic rings. The van der Waals surface area contributed by atoms with Crippen molar-refractivity contribution in [3.05, 3.63) is 94.0 Å². The molecule has 0 radical (unpaired) electrons. The minimum atomic E-state index is -1.08. The molecule has 3 aliphatic heterocycles. The number of esters is 1. The number of aromatic nitrogens is 4. The molecule has 18 nitrogen and oxygen atoms in total. The van der Waals surface area contributed by atoms with E-state index >= 15 is 0 Å². The highest BCUT2D eigenvalue weighted by molar-refractivity contribution is 7.13. The van der Waals surface area contributed by atoms with E-state index in [1.165, 1.54) is 11.3 Å². The quantitative estimate of drug-likeness (QED) is 0.0941. The molecule has 13 rings (SSSR count). The molecule has 3 unspecified atom stereocenters. The Kier molecular flexibility index (Phi) is 18.0. The van der Waals surface area contributed by atoms with Crippen molar-refractivity contribution in [1.82, 2.24) is 29.7 Å². The zero-order valence-electron chi connectivity index (χ0n) is 53.8. The summed E-state index contributed by atoms with van der Waals surface area (Å²) >= 11 is 3.11. The minimum Gasteiger partial charge on any atom is -0.496 e. The third-order valence-corrected chi connectivity index (χ3v) is 21.8. The summed E-state index contributed by atoms with van der Waals surface area (Å²) in [6.45, 7) is 13.7. The molecule has 2 amide bonds. The number of carboxylic acid groups (broad SMARTS) is 1. The number of carbonyl (C=O) groups is 5. The normalized spacial score (nSPS) is 28.2. The molecule has 2 aromatic carbocycles. The molecule has 480 valence electrons. The Hall–Kier alpha value is -7.58. The number of hydrogen-bond acceptors (Lipinski definition) is 17. The Labute approximate surface area is 539 Å². The fraction of sp³-hybridized carbons (Fsp3) is 0.521. The van der Waals surface area contributed by atoms with Gasteiger partial charge in [0.1, 0.15) is 62.4 Å². The van der Waals surface area contributed by atoms with Crippen molar-refractivity contribution in [3.63, 3.8) is 0 Å². The van der Waals surface area contributed by atoms with Gasteiger partial charge in [0.15, 0.2) is 11.4 Å². The molecule has 4 aliphatic carbocycles. The molecule has 91 heavy (non-hydrogen) atoms. The first-order chi connectivity index (χ1) is 43.7. The summed E-state index contributed by atoms with van der Waals surface area (Å²) in [5.41, 5.74) is 4.89. The number of benzene rings is 2. The lowest BCUT2D eigenvalue weighted by molar-refractivity contribution is -0.147. The molecular weight excluding hydrogens is 1190 g/mol. The van der Waals surface area contributed by atoms with Gasteiger partial charge in [0.05, 0.1) is 59.8 Å². The van der Waals surface area contributed by atoms with E-state index < -0.39 is 34.9 Å². The molecule has 1 N–H and O–H groups in total. The van der Waals surface area contributed by atoms with Crippen LogP contribution < -0.4 is 18.9 Å². The largest absolute Gasteiger partial charge is 0.496 e. The lowest BCUT2D eigenvalue weighted by Crippen LogP contribution is -2.38. The van der Waals surface area contributed by atoms with Crippen LogP contribution in [0.5, 0.6) is 23.0 Å². The standard InChI is InChI=1S/C36H43N3O6S.C35H40N4O5S/c1-20(2)28-19-46-33(38-28)27-16-31(24-11-12-30(44-5)21(3)32(24)37-27)45-23-14-25-26(15-23)34(41)39(4)13-9-7-6-8-10-22-17-36(22,35(42)43)18-29(25)40;1-19(2)27-18-45-32(37-27)26-16-29(23-11-12-28(42-5)20(3)30(23)36-26)43-22-14-24-25(15-22)33(40)39(4)13-9-7-6-8-10-21-17-35(21)34(41)44-31(24)38-35/h8,10-12,16,19-20,22-23,25-26H,6-7,9,13-15,17-18H2,1-5H3,(H,42,43);8,10-12,16,18-19,21-22,24-25H,6-7,9,13-15,17H2,1-5H3/b2*10-8-/t22-,23?,25-,26-,36-;21-,22?,24?,25-,35-/m11/s1. The van der Waals surface area contributed by atoms with Crippen LogP contribution in [0.25, 0.3) is 43.2 Å². The number of ketones is 1. The van der Waals surface area contributed by atoms with Crippen molar-refractivity contribution in [3.8, 4) is 44.4 Å². The summed E-state index contributed by atoms with van der Waals surface area (Å²) in [6, 6.07) is 11.6. The molecule has 4 saturated carbocycles. The third kappa shape index (κ3) is 12.5. The Morgan fingerprint density at radius 3 is 1.60 bits per heavy atom. The summed E-state index contributed by atoms with van der Waals surface area (Å²) in [5, 5.41) is 17.6. The highest BCUT2D eigenvalue weighted by atomic mass is 32.1. The van der Waals surface area contributed by atoms with Crippen LogP contribution >= 0.6 is 22.7 Å². The van der Waals surface area contributed by atoms with Crippen LogP contribution in [-0.4, -0.2) is 129 Å². The number of pyridine rings is 2. The smallest absolute Gasteiger partial charge is 0.341 e. The van der Waals surface area contributed by atoms with Gasteiger partial charge in [-0.25, -0.2) is 29.7 Å². The van der Waals surface area contributed by atoms with E-state index in [4.69, 9.17) is 48.6 Å². The second kappa shape index (κ2) is 25.8. The van der Waals surface area contributed by atoms with E-state index in [-0.39, 0.29) is 65.7 Å². The van der Waals surface area contributed by atoms with E-state index in [0.717, 1.165) is 110 Å². The number of aliphatic imine (C=N–C) groups is 1. The summed E-state index contributed by atoms with van der Waals surface area (Å²) < 4.78 is 30.7. The maximum atomic E-state index is 13.9. The number of allylic oxidation sites excluding steroid dienone is 3. The highest BCUT2D eigenvalue weighted by Crippen LogP contribution is 2.58. The summed E-state index contributed by atoms with van der Waals surface area (Å²) in [5.74, 6) is 0.400. The number of Topliss-reactive ketones (excluding diaryl/α,β-unsaturated/α-hetero) is 1. The van der Waals surface area contributed by atoms with E-state index in [1.54, 1.807) is 37.5 Å². The van der Waals surface area contributed by atoms with Gasteiger partial charge in [-0.05, 0) is 133 Å². The van der Waals surface area contributed by atoms with Gasteiger partial charge < -0.3 is 38.6 Å². The number of aryl methyl sites for hydroxylation is 2.